The molecule has 30 heavy (non-hydrogen) atoms. The van der Waals surface area contributed by atoms with Crippen LogP contribution in [0.1, 0.15) is 20.7 Å². The summed E-state index contributed by atoms with van der Waals surface area (Å²) in [6.45, 7) is 3.19. The van der Waals surface area contributed by atoms with E-state index in [-0.39, 0.29) is 11.1 Å². The fraction of sp³-hybridized carbons (Fsp3) is 0.286. The highest BCUT2D eigenvalue weighted by Gasteiger charge is 2.15. The standard InChI is InChI=1S/C21H23N3O5S/c1-27-19(25)14-11-15(20(26)28-2)13-17(12-14)23-21(30)22-16-3-5-18(6-4-16)24-7-9-29-10-8-24/h3-6,11-13H,7-10H2,1-2H3,(H2,22,23,30). The Labute approximate surface area is 180 Å². The average molecular weight is 429 g/mol. The van der Waals surface area contributed by atoms with E-state index in [9.17, 15) is 9.59 Å². The highest BCUT2D eigenvalue weighted by Crippen LogP contribution is 2.20. The number of ether oxygens (including phenoxy) is 3. The number of carbonyl (C=O) groups is 2. The zero-order chi connectivity index (χ0) is 21.5. The van der Waals surface area contributed by atoms with E-state index in [1.54, 1.807) is 12.1 Å². The Kier molecular flexibility index (Phi) is 7.21. The Balaban J connectivity index is 1.69. The number of carbonyl (C=O) groups excluding carboxylic acids is 2. The lowest BCUT2D eigenvalue weighted by molar-refractivity contribution is 0.0599. The molecular formula is C21H23N3O5S. The molecule has 158 valence electrons. The lowest BCUT2D eigenvalue weighted by atomic mass is 10.1. The first kappa shape index (κ1) is 21.5. The van der Waals surface area contributed by atoms with Crippen LogP contribution < -0.4 is 15.5 Å². The maximum Gasteiger partial charge on any atom is 0.337 e. The van der Waals surface area contributed by atoms with Gasteiger partial charge < -0.3 is 29.7 Å². The minimum absolute atomic E-state index is 0.209. The van der Waals surface area contributed by atoms with Crippen LogP contribution in [0, 0.1) is 0 Å². The van der Waals surface area contributed by atoms with Crippen molar-refractivity contribution in [1.29, 1.82) is 0 Å². The average Bonchev–Trinajstić information content (AvgIpc) is 2.78. The first-order valence-corrected chi connectivity index (χ1v) is 9.73. The van der Waals surface area contributed by atoms with Gasteiger partial charge in [0.05, 0.1) is 38.6 Å². The van der Waals surface area contributed by atoms with E-state index >= 15 is 0 Å². The molecule has 3 rings (SSSR count). The first-order chi connectivity index (χ1) is 14.5. The van der Waals surface area contributed by atoms with Crippen molar-refractivity contribution < 1.29 is 23.8 Å². The quantitative estimate of drug-likeness (QED) is 0.550. The van der Waals surface area contributed by atoms with Crippen LogP contribution in [0.2, 0.25) is 0 Å². The third-order valence-corrected chi connectivity index (χ3v) is 4.74. The van der Waals surface area contributed by atoms with Gasteiger partial charge in [0.2, 0.25) is 0 Å². The van der Waals surface area contributed by atoms with Crippen LogP contribution >= 0.6 is 12.2 Å². The summed E-state index contributed by atoms with van der Waals surface area (Å²) in [6.07, 6.45) is 0. The van der Waals surface area contributed by atoms with Crippen LogP contribution in [0.25, 0.3) is 0 Å². The Morgan fingerprint density at radius 1 is 0.900 bits per heavy atom. The molecule has 0 bridgehead atoms. The summed E-state index contributed by atoms with van der Waals surface area (Å²) in [6, 6.07) is 12.4. The van der Waals surface area contributed by atoms with Gasteiger partial charge in [-0.15, -0.1) is 0 Å². The molecule has 1 aliphatic heterocycles. The molecule has 2 N–H and O–H groups in total. The molecule has 0 aliphatic carbocycles. The van der Waals surface area contributed by atoms with Gasteiger partial charge in [-0.3, -0.25) is 0 Å². The Morgan fingerprint density at radius 2 is 1.43 bits per heavy atom. The van der Waals surface area contributed by atoms with E-state index in [0.717, 1.165) is 37.7 Å². The van der Waals surface area contributed by atoms with Crippen LogP contribution in [-0.4, -0.2) is 57.6 Å². The van der Waals surface area contributed by atoms with Crippen molar-refractivity contribution in [3.63, 3.8) is 0 Å². The maximum absolute atomic E-state index is 11.9. The zero-order valence-corrected chi connectivity index (χ0v) is 17.6. The van der Waals surface area contributed by atoms with E-state index in [4.69, 9.17) is 26.4 Å². The fourth-order valence-corrected chi connectivity index (χ4v) is 3.28. The van der Waals surface area contributed by atoms with Gasteiger partial charge in [-0.1, -0.05) is 0 Å². The zero-order valence-electron chi connectivity index (χ0n) is 16.8. The van der Waals surface area contributed by atoms with Gasteiger partial charge in [0, 0.05) is 30.2 Å². The largest absolute Gasteiger partial charge is 0.465 e. The molecule has 8 nitrogen and oxygen atoms in total. The number of esters is 2. The molecule has 1 fully saturated rings. The number of nitrogens with one attached hydrogen (secondary N) is 2. The molecule has 2 aromatic rings. The number of benzene rings is 2. The summed E-state index contributed by atoms with van der Waals surface area (Å²) in [4.78, 5) is 26.1. The van der Waals surface area contributed by atoms with Gasteiger partial charge in [-0.2, -0.15) is 0 Å². The van der Waals surface area contributed by atoms with Crippen LogP contribution in [0.15, 0.2) is 42.5 Å². The summed E-state index contributed by atoms with van der Waals surface area (Å²) >= 11 is 5.37. The summed E-state index contributed by atoms with van der Waals surface area (Å²) in [5, 5.41) is 6.39. The van der Waals surface area contributed by atoms with Gasteiger partial charge in [0.1, 0.15) is 0 Å². The van der Waals surface area contributed by atoms with Gasteiger partial charge in [-0.25, -0.2) is 9.59 Å². The normalized spacial score (nSPS) is 13.3. The SMILES string of the molecule is COC(=O)c1cc(NC(=S)Nc2ccc(N3CCOCC3)cc2)cc(C(=O)OC)c1. The van der Waals surface area contributed by atoms with Crippen molar-refractivity contribution in [1.82, 2.24) is 0 Å². The summed E-state index contributed by atoms with van der Waals surface area (Å²) in [5.74, 6) is -1.14. The molecule has 2 aromatic carbocycles. The van der Waals surface area contributed by atoms with Crippen molar-refractivity contribution in [2.24, 2.45) is 0 Å². The lowest BCUT2D eigenvalue weighted by Crippen LogP contribution is -2.36. The van der Waals surface area contributed by atoms with Crippen LogP contribution in [0.5, 0.6) is 0 Å². The second kappa shape index (κ2) is 10.0. The van der Waals surface area contributed by atoms with Gasteiger partial charge in [0.25, 0.3) is 0 Å². The number of methoxy groups -OCH3 is 2. The molecule has 0 amide bonds. The van der Waals surface area contributed by atoms with Crippen molar-refractivity contribution in [2.45, 2.75) is 0 Å². The number of hydrogen-bond acceptors (Lipinski definition) is 7. The second-order valence-corrected chi connectivity index (χ2v) is 6.92. The molecule has 0 atom stereocenters. The van der Waals surface area contributed by atoms with Crippen LogP contribution in [0.3, 0.4) is 0 Å². The number of thiocarbonyl (C=S) groups is 1. The predicted molar refractivity (Wildman–Crippen MR) is 118 cm³/mol. The van der Waals surface area contributed by atoms with Gasteiger partial charge in [-0.05, 0) is 54.7 Å². The maximum atomic E-state index is 11.9. The fourth-order valence-electron chi connectivity index (χ4n) is 3.04. The third kappa shape index (κ3) is 5.46. The molecule has 9 heteroatoms. The van der Waals surface area contributed by atoms with E-state index in [2.05, 4.69) is 15.5 Å². The Bertz CT molecular complexity index is 892. The van der Waals surface area contributed by atoms with E-state index in [1.807, 2.05) is 24.3 Å². The molecule has 1 aliphatic rings. The molecule has 0 radical (unpaired) electrons. The lowest BCUT2D eigenvalue weighted by Gasteiger charge is -2.29. The summed E-state index contributed by atoms with van der Waals surface area (Å²) in [7, 11) is 2.54. The van der Waals surface area contributed by atoms with E-state index < -0.39 is 11.9 Å². The molecule has 0 saturated carbocycles. The van der Waals surface area contributed by atoms with E-state index in [0.29, 0.717) is 10.8 Å². The van der Waals surface area contributed by atoms with Crippen molar-refractivity contribution in [3.8, 4) is 0 Å². The van der Waals surface area contributed by atoms with Crippen LogP contribution in [-0.2, 0) is 14.2 Å². The molecule has 0 aromatic heterocycles. The highest BCUT2D eigenvalue weighted by atomic mass is 32.1. The minimum Gasteiger partial charge on any atom is -0.465 e. The third-order valence-electron chi connectivity index (χ3n) is 4.53. The number of anilines is 3. The second-order valence-electron chi connectivity index (χ2n) is 6.51. The molecule has 1 saturated heterocycles. The minimum atomic E-state index is -0.568. The molecule has 0 spiro atoms. The van der Waals surface area contributed by atoms with E-state index in [1.165, 1.54) is 20.3 Å². The van der Waals surface area contributed by atoms with Crippen molar-refractivity contribution in [3.05, 3.63) is 53.6 Å². The number of morpholine rings is 1. The Morgan fingerprint density at radius 3 is 1.97 bits per heavy atom. The topological polar surface area (TPSA) is 89.1 Å². The monoisotopic (exact) mass is 429 g/mol. The predicted octanol–water partition coefficient (Wildman–Crippen LogP) is 2.91. The first-order valence-electron chi connectivity index (χ1n) is 9.32. The molecular weight excluding hydrogens is 406 g/mol. The number of rotatable bonds is 5. The smallest absolute Gasteiger partial charge is 0.337 e. The summed E-state index contributed by atoms with van der Waals surface area (Å²) < 4.78 is 14.9. The number of hydrogen-bond donors (Lipinski definition) is 2. The highest BCUT2D eigenvalue weighted by molar-refractivity contribution is 7.80. The molecule has 1 heterocycles. The number of nitrogens with zero attached hydrogens (tertiary/aromatic N) is 1. The van der Waals surface area contributed by atoms with Gasteiger partial charge >= 0.3 is 11.9 Å². The van der Waals surface area contributed by atoms with Crippen LogP contribution in [0.4, 0.5) is 17.1 Å². The Hall–Kier alpha value is -3.17. The van der Waals surface area contributed by atoms with Crippen molar-refractivity contribution >= 4 is 46.3 Å². The molecule has 0 unspecified atom stereocenters. The van der Waals surface area contributed by atoms with Crippen molar-refractivity contribution in [2.75, 3.05) is 56.1 Å². The van der Waals surface area contributed by atoms with Gasteiger partial charge in [0.15, 0.2) is 5.11 Å². The summed E-state index contributed by atoms with van der Waals surface area (Å²) in [5.41, 5.74) is 2.81.